The maximum absolute atomic E-state index is 13.2. The standard InChI is InChI=1S/C46H79N2O40P/c1-12(54)48-21-25(63)23(61)19(9-52)78-39(21)84-37-28(66)27(65)31(17(59)11-77-89(74,75)76-3-2-47)80-42(37)83-36-30(68)41(81-33(15(57)7-50)38(36)85-40-29(67)26(64)24(62)20(10-53)79-40)82-35-18(5-45(73,43(69)70)87-34(35)16(58)8-51)86-46(44(71)72)4-13(55)22(60)32(88-46)14(56)6-49/h13-42,49-53,55-68,73H,2-11,47H2,1H3,(H,48,54)(H,69,70)(H,71,72)(H,74,75)/t13-,14-,15+,16-,17+,18-,19-,20-,21-,22-,23-,24-,25-,26+,27+,28+,29-,30+,31-,32-,33-,34-,35-,36-,37+,38-,39-,40+,41-,42-,45-,46-/m1/s1. The Labute approximate surface area is 501 Å². The smallest absolute Gasteiger partial charge is 0.472 e. The topological polar surface area (TPSA) is 692 Å². The number of aliphatic hydroxyl groups excluding tert-OH is 19. The Morgan fingerprint density at radius 1 is 0.562 bits per heavy atom. The first-order chi connectivity index (χ1) is 41.7. The highest BCUT2D eigenvalue weighted by molar-refractivity contribution is 7.47. The van der Waals surface area contributed by atoms with Crippen LogP contribution < -0.4 is 11.1 Å². The van der Waals surface area contributed by atoms with Crippen molar-refractivity contribution in [3.63, 3.8) is 0 Å². The molecule has 1 unspecified atom stereocenters. The fraction of sp³-hybridized carbons (Fsp3) is 0.935. The molecule has 0 bridgehead atoms. The maximum Gasteiger partial charge on any atom is 0.472 e. The lowest BCUT2D eigenvalue weighted by Crippen LogP contribution is -2.71. The van der Waals surface area contributed by atoms with Crippen molar-refractivity contribution in [2.45, 2.75) is 215 Å². The first-order valence-electron chi connectivity index (χ1n) is 27.3. The Hall–Kier alpha value is -2.76. The second-order valence-electron chi connectivity index (χ2n) is 21.6. The van der Waals surface area contributed by atoms with Gasteiger partial charge in [0.1, 0.15) is 146 Å². The number of hydrogen-bond donors (Lipinski definition) is 25. The Kier molecular flexibility index (Phi) is 26.8. The normalized spacial score (nSPS) is 45.2. The summed E-state index contributed by atoms with van der Waals surface area (Å²) in [6.45, 7) is -7.75. The number of amides is 1. The van der Waals surface area contributed by atoms with Gasteiger partial charge in [-0.25, -0.2) is 14.2 Å². The molecule has 0 saturated carbocycles. The Bertz CT molecular complexity index is 2330. The summed E-state index contributed by atoms with van der Waals surface area (Å²) in [7, 11) is -5.11. The highest BCUT2D eigenvalue weighted by Crippen LogP contribution is 2.45. The molecule has 26 N–H and O–H groups in total. The molecular formula is C46H79N2O40P. The fourth-order valence-corrected chi connectivity index (χ4v) is 11.4. The van der Waals surface area contributed by atoms with Crippen molar-refractivity contribution < 1.29 is 197 Å². The summed E-state index contributed by atoms with van der Waals surface area (Å²) in [4.78, 5) is 48.6. The minimum atomic E-state index is -5.11. The van der Waals surface area contributed by atoms with E-state index in [1.165, 1.54) is 0 Å². The quantitative estimate of drug-likeness (QED) is 0.0324. The number of aliphatic carboxylic acids is 2. The van der Waals surface area contributed by atoms with E-state index in [2.05, 4.69) is 9.84 Å². The van der Waals surface area contributed by atoms with E-state index in [1.807, 2.05) is 0 Å². The van der Waals surface area contributed by atoms with Crippen molar-refractivity contribution in [1.82, 2.24) is 5.32 Å². The molecule has 0 spiro atoms. The number of hydrogen-bond acceptors (Lipinski definition) is 38. The van der Waals surface area contributed by atoms with Crippen molar-refractivity contribution in [2.24, 2.45) is 5.73 Å². The molecule has 6 rings (SSSR count). The van der Waals surface area contributed by atoms with Crippen LogP contribution in [-0.4, -0.2) is 383 Å². The zero-order chi connectivity index (χ0) is 66.5. The molecule has 6 aliphatic heterocycles. The average Bonchev–Trinajstić information content (AvgIpc) is 0.826. The summed E-state index contributed by atoms with van der Waals surface area (Å²) >= 11 is 0. The Balaban J connectivity index is 1.53. The van der Waals surface area contributed by atoms with Crippen LogP contribution in [0.1, 0.15) is 19.8 Å². The number of ether oxygens (including phenoxy) is 11. The molecule has 42 nitrogen and oxygen atoms in total. The SMILES string of the molecule is CC(=O)N[C@H]1[C@@H](O[C@@H]2[C@@H](O[C@@H]3[C@H](O)[C@@H](O[C@H]4[C@@H]([C@H](O)CO)O[C@@](O)(C(=O)O)C[C@H]4O[C@]4(C(=O)O)C[C@@H](O)[C@@H](O)[C@@H]([C@H](O)CO)O4)O[C@H]([C@@H](O)CO)[C@H]3O[C@@H]3O[C@H](CO)[C@@H](O)[C@H](O)[C@H]3O)O[C@H]([C@@H](O)COP(=O)(O)OCCN)[C@@H](O)[C@@H]2O)O[C@H](CO)[C@@H](O)[C@@H]1O. The number of aliphatic hydroxyl groups is 20. The van der Waals surface area contributed by atoms with Crippen molar-refractivity contribution in [2.75, 3.05) is 52.8 Å². The molecule has 6 aliphatic rings. The third-order valence-electron chi connectivity index (χ3n) is 15.3. The summed E-state index contributed by atoms with van der Waals surface area (Å²) in [6.07, 6.45) is -71.9. The van der Waals surface area contributed by atoms with Gasteiger partial charge in [0.25, 0.3) is 11.6 Å². The molecule has 0 aromatic heterocycles. The Morgan fingerprint density at radius 2 is 1.09 bits per heavy atom. The molecular weight excluding hydrogens is 1250 g/mol. The predicted octanol–water partition coefficient (Wildman–Crippen LogP) is -15.4. The summed E-state index contributed by atoms with van der Waals surface area (Å²) in [5.74, 6) is -12.6. The fourth-order valence-electron chi connectivity index (χ4n) is 10.6. The van der Waals surface area contributed by atoms with Gasteiger partial charge >= 0.3 is 19.8 Å². The summed E-state index contributed by atoms with van der Waals surface area (Å²) in [6, 6.07) is -1.91. The van der Waals surface area contributed by atoms with Gasteiger partial charge < -0.3 is 180 Å². The highest BCUT2D eigenvalue weighted by Gasteiger charge is 2.64. The van der Waals surface area contributed by atoms with E-state index in [0.717, 1.165) is 6.92 Å². The Morgan fingerprint density at radius 3 is 1.65 bits per heavy atom. The van der Waals surface area contributed by atoms with Crippen molar-refractivity contribution in [1.29, 1.82) is 0 Å². The zero-order valence-corrected chi connectivity index (χ0v) is 47.5. The van der Waals surface area contributed by atoms with Gasteiger partial charge in [-0.3, -0.25) is 13.8 Å². The molecule has 89 heavy (non-hydrogen) atoms. The zero-order valence-electron chi connectivity index (χ0n) is 46.6. The van der Waals surface area contributed by atoms with E-state index in [0.29, 0.717) is 0 Å². The molecule has 0 radical (unpaired) electrons. The number of carbonyl (C=O) groups excluding carboxylic acids is 1. The van der Waals surface area contributed by atoms with Crippen LogP contribution in [0.15, 0.2) is 0 Å². The highest BCUT2D eigenvalue weighted by atomic mass is 31.2. The van der Waals surface area contributed by atoms with Gasteiger partial charge in [0, 0.05) is 26.3 Å². The lowest BCUT2D eigenvalue weighted by molar-refractivity contribution is -0.417. The molecule has 43 heteroatoms. The first-order valence-corrected chi connectivity index (χ1v) is 28.8. The van der Waals surface area contributed by atoms with Gasteiger partial charge in [0.05, 0.1) is 58.5 Å². The third-order valence-corrected chi connectivity index (χ3v) is 16.3. The van der Waals surface area contributed by atoms with Crippen molar-refractivity contribution in [3.8, 4) is 0 Å². The molecule has 0 aliphatic carbocycles. The minimum absolute atomic E-state index is 0.325. The molecule has 1 amide bonds. The second-order valence-corrected chi connectivity index (χ2v) is 23.0. The number of phosphoric acid groups is 1. The van der Waals surface area contributed by atoms with Crippen molar-refractivity contribution >= 4 is 25.7 Å². The minimum Gasteiger partial charge on any atom is -0.477 e. The molecule has 0 aromatic rings. The van der Waals surface area contributed by atoms with Gasteiger partial charge in [-0.2, -0.15) is 0 Å². The maximum atomic E-state index is 13.2. The molecule has 6 saturated heterocycles. The number of carbonyl (C=O) groups is 3. The lowest BCUT2D eigenvalue weighted by Gasteiger charge is -2.53. The van der Waals surface area contributed by atoms with E-state index in [4.69, 9.17) is 62.4 Å². The van der Waals surface area contributed by atoms with Gasteiger partial charge in [0.2, 0.25) is 5.91 Å². The van der Waals surface area contributed by atoms with E-state index >= 15 is 0 Å². The van der Waals surface area contributed by atoms with Crippen LogP contribution in [0.4, 0.5) is 0 Å². The third kappa shape index (κ3) is 16.8. The monoisotopic (exact) mass is 1330 g/mol. The van der Waals surface area contributed by atoms with E-state index in [9.17, 15) is 136 Å². The number of nitrogens with two attached hydrogens (primary N) is 1. The van der Waals surface area contributed by atoms with Crippen LogP contribution in [0.5, 0.6) is 0 Å². The number of phosphoric ester groups is 1. The average molecular weight is 1330 g/mol. The van der Waals surface area contributed by atoms with Gasteiger partial charge in [0.15, 0.2) is 25.2 Å². The number of carboxylic acids is 2. The van der Waals surface area contributed by atoms with E-state index < -0.39 is 280 Å². The lowest BCUT2D eigenvalue weighted by atomic mass is 9.89. The van der Waals surface area contributed by atoms with Crippen LogP contribution in [0.2, 0.25) is 0 Å². The summed E-state index contributed by atoms with van der Waals surface area (Å²) < 4.78 is 86.0. The molecule has 0 aromatic carbocycles. The molecule has 6 fully saturated rings. The molecule has 518 valence electrons. The summed E-state index contributed by atoms with van der Waals surface area (Å²) in [5, 5.41) is 243. The number of nitrogens with one attached hydrogen (secondary N) is 1. The van der Waals surface area contributed by atoms with Crippen LogP contribution in [0.3, 0.4) is 0 Å². The number of carboxylic acid groups (broad SMARTS) is 2. The predicted molar refractivity (Wildman–Crippen MR) is 269 cm³/mol. The van der Waals surface area contributed by atoms with Crippen LogP contribution in [0, 0.1) is 0 Å². The molecule has 33 atom stereocenters. The second kappa shape index (κ2) is 31.7. The van der Waals surface area contributed by atoms with Gasteiger partial charge in [-0.1, -0.05) is 0 Å². The first kappa shape index (κ1) is 75.3. The van der Waals surface area contributed by atoms with Gasteiger partial charge in [-0.05, 0) is 0 Å². The molecule has 6 heterocycles. The van der Waals surface area contributed by atoms with Crippen LogP contribution in [0.25, 0.3) is 0 Å². The van der Waals surface area contributed by atoms with Crippen molar-refractivity contribution in [3.05, 3.63) is 0 Å². The van der Waals surface area contributed by atoms with Crippen LogP contribution in [-0.2, 0) is 80.1 Å². The van der Waals surface area contributed by atoms with Crippen LogP contribution >= 0.6 is 7.82 Å². The van der Waals surface area contributed by atoms with Gasteiger partial charge in [-0.15, -0.1) is 0 Å². The summed E-state index contributed by atoms with van der Waals surface area (Å²) in [5.41, 5.74) is 5.32. The van der Waals surface area contributed by atoms with E-state index in [1.54, 1.807) is 0 Å². The largest absolute Gasteiger partial charge is 0.477 e. The number of rotatable bonds is 28. The van der Waals surface area contributed by atoms with E-state index in [-0.39, 0.29) is 6.54 Å².